The van der Waals surface area contributed by atoms with E-state index in [4.69, 9.17) is 0 Å². The summed E-state index contributed by atoms with van der Waals surface area (Å²) in [5, 5.41) is 27.5. The van der Waals surface area contributed by atoms with Gasteiger partial charge in [0, 0.05) is 18.5 Å². The monoisotopic (exact) mass is 458 g/mol. The fourth-order valence-corrected chi connectivity index (χ4v) is 3.10. The first-order valence-electron chi connectivity index (χ1n) is 9.20. The molecule has 0 aliphatic rings. The molecule has 0 radical (unpaired) electrons. The van der Waals surface area contributed by atoms with Gasteiger partial charge < -0.3 is 14.9 Å². The number of carbonyl (C=O) groups is 2. The summed E-state index contributed by atoms with van der Waals surface area (Å²) in [4.78, 5) is 23.7. The average molecular weight is 458 g/mol. The highest BCUT2D eigenvalue weighted by molar-refractivity contribution is 6.00. The molecule has 0 unspecified atom stereocenters. The molecule has 2 aromatic carbocycles. The van der Waals surface area contributed by atoms with Gasteiger partial charge in [0.2, 0.25) is 0 Å². The minimum Gasteiger partial charge on any atom is -0.478 e. The van der Waals surface area contributed by atoms with Gasteiger partial charge in [-0.1, -0.05) is 12.1 Å². The SMILES string of the molecule is O=C(O)c1cn(-c2cccc(F)c2)nc1-c1nn(-c2cccc(OC(F)F)c2)cc1C(=O)O. The van der Waals surface area contributed by atoms with E-state index < -0.39 is 24.4 Å². The average Bonchev–Trinajstić information content (AvgIpc) is 3.38. The van der Waals surface area contributed by atoms with Gasteiger partial charge in [-0.25, -0.2) is 23.3 Å². The molecule has 0 fully saturated rings. The Bertz CT molecular complexity index is 1370. The highest BCUT2D eigenvalue weighted by Crippen LogP contribution is 2.28. The number of aromatic nitrogens is 4. The van der Waals surface area contributed by atoms with E-state index in [1.54, 1.807) is 0 Å². The standard InChI is InChI=1S/C21H13F3N4O5/c22-11-3-1-4-12(7-11)27-9-15(19(29)30)17(25-27)18-16(20(31)32)10-28(26-18)13-5-2-6-14(8-13)33-21(23)24/h1-10,21H,(H,29,30)(H,31,32). The van der Waals surface area contributed by atoms with Crippen LogP contribution in [-0.4, -0.2) is 48.3 Å². The maximum Gasteiger partial charge on any atom is 0.387 e. The molecule has 0 saturated heterocycles. The number of nitrogens with zero attached hydrogens (tertiary/aromatic N) is 4. The highest BCUT2D eigenvalue weighted by atomic mass is 19.3. The number of hydrogen-bond donors (Lipinski definition) is 2. The van der Waals surface area contributed by atoms with Crippen LogP contribution < -0.4 is 4.74 Å². The molecule has 0 aliphatic carbocycles. The van der Waals surface area contributed by atoms with Crippen LogP contribution in [0.25, 0.3) is 22.8 Å². The molecule has 0 saturated carbocycles. The van der Waals surface area contributed by atoms with Crippen molar-refractivity contribution < 1.29 is 37.7 Å². The largest absolute Gasteiger partial charge is 0.478 e. The van der Waals surface area contributed by atoms with Crippen molar-refractivity contribution in [3.8, 4) is 28.5 Å². The summed E-state index contributed by atoms with van der Waals surface area (Å²) in [5.74, 6) is -3.60. The molecule has 2 N–H and O–H groups in total. The zero-order valence-electron chi connectivity index (χ0n) is 16.4. The summed E-state index contributed by atoms with van der Waals surface area (Å²) in [6, 6.07) is 10.5. The lowest BCUT2D eigenvalue weighted by Gasteiger charge is -2.06. The predicted octanol–water partition coefficient (Wildman–Crippen LogP) is 3.86. The maximum absolute atomic E-state index is 13.6. The number of halogens is 3. The first-order chi connectivity index (χ1) is 15.7. The molecule has 0 aliphatic heterocycles. The van der Waals surface area contributed by atoms with Crippen LogP contribution in [0.15, 0.2) is 60.9 Å². The number of aromatic carboxylic acids is 2. The Morgan fingerprint density at radius 1 is 0.848 bits per heavy atom. The van der Waals surface area contributed by atoms with E-state index in [0.29, 0.717) is 0 Å². The highest BCUT2D eigenvalue weighted by Gasteiger charge is 2.26. The molecular weight excluding hydrogens is 445 g/mol. The fraction of sp³-hybridized carbons (Fsp3) is 0.0476. The Balaban J connectivity index is 1.85. The van der Waals surface area contributed by atoms with E-state index in [1.807, 2.05) is 0 Å². The van der Waals surface area contributed by atoms with Crippen molar-refractivity contribution in [2.45, 2.75) is 6.61 Å². The third kappa shape index (κ3) is 4.39. The molecule has 0 spiro atoms. The van der Waals surface area contributed by atoms with Gasteiger partial charge in [0.15, 0.2) is 0 Å². The van der Waals surface area contributed by atoms with Crippen LogP contribution in [0.3, 0.4) is 0 Å². The number of carboxylic acid groups (broad SMARTS) is 2. The quantitative estimate of drug-likeness (QED) is 0.432. The van der Waals surface area contributed by atoms with Crippen LogP contribution in [0.5, 0.6) is 5.75 Å². The second kappa shape index (κ2) is 8.49. The lowest BCUT2D eigenvalue weighted by molar-refractivity contribution is -0.0498. The van der Waals surface area contributed by atoms with Crippen molar-refractivity contribution in [2.75, 3.05) is 0 Å². The normalized spacial score (nSPS) is 11.0. The Morgan fingerprint density at radius 2 is 1.36 bits per heavy atom. The van der Waals surface area contributed by atoms with E-state index in [1.165, 1.54) is 42.5 Å². The van der Waals surface area contributed by atoms with Gasteiger partial charge >= 0.3 is 18.6 Å². The molecule has 168 valence electrons. The van der Waals surface area contributed by atoms with Gasteiger partial charge in [0.1, 0.15) is 34.1 Å². The van der Waals surface area contributed by atoms with Gasteiger partial charge in [-0.2, -0.15) is 19.0 Å². The number of ether oxygens (including phenoxy) is 1. The van der Waals surface area contributed by atoms with Gasteiger partial charge in [-0.05, 0) is 30.3 Å². The summed E-state index contributed by atoms with van der Waals surface area (Å²) >= 11 is 0. The lowest BCUT2D eigenvalue weighted by atomic mass is 10.1. The fourth-order valence-electron chi connectivity index (χ4n) is 3.10. The summed E-state index contributed by atoms with van der Waals surface area (Å²) in [6.45, 7) is -3.06. The second-order valence-electron chi connectivity index (χ2n) is 6.64. The van der Waals surface area contributed by atoms with Gasteiger partial charge in [-0.15, -0.1) is 0 Å². The number of alkyl halides is 2. The van der Waals surface area contributed by atoms with Crippen LogP contribution >= 0.6 is 0 Å². The van der Waals surface area contributed by atoms with Crippen LogP contribution in [0.4, 0.5) is 13.2 Å². The van der Waals surface area contributed by atoms with Gasteiger partial charge in [0.25, 0.3) is 0 Å². The molecule has 4 rings (SSSR count). The molecule has 0 bridgehead atoms. The van der Waals surface area contributed by atoms with Crippen molar-refractivity contribution in [2.24, 2.45) is 0 Å². The minimum atomic E-state index is -3.06. The van der Waals surface area contributed by atoms with Crippen molar-refractivity contribution in [1.29, 1.82) is 0 Å². The predicted molar refractivity (Wildman–Crippen MR) is 107 cm³/mol. The molecule has 9 nitrogen and oxygen atoms in total. The number of carboxylic acids is 2. The van der Waals surface area contributed by atoms with Crippen LogP contribution in [0.2, 0.25) is 0 Å². The molecule has 4 aromatic rings. The van der Waals surface area contributed by atoms with E-state index in [2.05, 4.69) is 14.9 Å². The number of rotatable bonds is 7. The van der Waals surface area contributed by atoms with Gasteiger partial charge in [-0.3, -0.25) is 0 Å². The van der Waals surface area contributed by atoms with Crippen LogP contribution in [-0.2, 0) is 0 Å². The topological polar surface area (TPSA) is 119 Å². The molecule has 33 heavy (non-hydrogen) atoms. The summed E-state index contributed by atoms with van der Waals surface area (Å²) < 4.78 is 45.2. The maximum atomic E-state index is 13.6. The third-order valence-corrected chi connectivity index (χ3v) is 4.49. The zero-order chi connectivity index (χ0) is 23.7. The summed E-state index contributed by atoms with van der Waals surface area (Å²) in [6.07, 6.45) is 2.19. The summed E-state index contributed by atoms with van der Waals surface area (Å²) in [7, 11) is 0. The van der Waals surface area contributed by atoms with Crippen LogP contribution in [0.1, 0.15) is 20.7 Å². The van der Waals surface area contributed by atoms with E-state index >= 15 is 0 Å². The number of benzene rings is 2. The van der Waals surface area contributed by atoms with Crippen molar-refractivity contribution in [1.82, 2.24) is 19.6 Å². The molecule has 12 heteroatoms. The van der Waals surface area contributed by atoms with E-state index in [9.17, 15) is 33.0 Å². The summed E-state index contributed by atoms with van der Waals surface area (Å²) in [5.41, 5.74) is -0.928. The van der Waals surface area contributed by atoms with Crippen molar-refractivity contribution in [3.63, 3.8) is 0 Å². The first kappa shape index (κ1) is 21.6. The molecule has 0 amide bonds. The zero-order valence-corrected chi connectivity index (χ0v) is 16.4. The van der Waals surface area contributed by atoms with E-state index in [0.717, 1.165) is 27.8 Å². The van der Waals surface area contributed by atoms with Crippen molar-refractivity contribution >= 4 is 11.9 Å². The Hall–Kier alpha value is -4.61. The van der Waals surface area contributed by atoms with Crippen LogP contribution in [0, 0.1) is 5.82 Å². The second-order valence-corrected chi connectivity index (χ2v) is 6.64. The molecule has 2 heterocycles. The Morgan fingerprint density at radius 3 is 1.85 bits per heavy atom. The number of hydrogen-bond acceptors (Lipinski definition) is 5. The Labute approximate surface area is 182 Å². The molecule has 0 atom stereocenters. The first-order valence-corrected chi connectivity index (χ1v) is 9.20. The third-order valence-electron chi connectivity index (χ3n) is 4.49. The smallest absolute Gasteiger partial charge is 0.387 e. The van der Waals surface area contributed by atoms with Crippen molar-refractivity contribution in [3.05, 3.63) is 77.9 Å². The molecular formula is C21H13F3N4O5. The van der Waals surface area contributed by atoms with E-state index in [-0.39, 0.29) is 39.6 Å². The van der Waals surface area contributed by atoms with Gasteiger partial charge in [0.05, 0.1) is 11.4 Å². The lowest BCUT2D eigenvalue weighted by Crippen LogP contribution is -2.03. The Kier molecular flexibility index (Phi) is 5.56. The minimum absolute atomic E-state index is 0.182. The molecule has 2 aromatic heterocycles.